The van der Waals surface area contributed by atoms with Gasteiger partial charge in [-0.3, -0.25) is 9.78 Å². The normalized spacial score (nSPS) is 16.6. The topological polar surface area (TPSA) is 59.2 Å². The number of carbonyl (C=O) groups excluding carboxylic acids is 1. The molecule has 4 heterocycles. The first-order valence-electron chi connectivity index (χ1n) is 8.97. The number of likely N-dealkylation sites (tertiary alicyclic amines) is 1. The molecule has 4 rings (SSSR count). The molecule has 0 atom stereocenters. The number of alkyl halides is 2. The van der Waals surface area contributed by atoms with Crippen molar-refractivity contribution in [1.29, 1.82) is 0 Å². The van der Waals surface area contributed by atoms with Gasteiger partial charge in [-0.25, -0.2) is 13.8 Å². The van der Waals surface area contributed by atoms with Gasteiger partial charge in [0.15, 0.2) is 0 Å². The quantitative estimate of drug-likeness (QED) is 0.688. The second kappa shape index (κ2) is 6.72. The van der Waals surface area contributed by atoms with E-state index >= 15 is 0 Å². The van der Waals surface area contributed by atoms with Gasteiger partial charge < -0.3 is 9.32 Å². The van der Waals surface area contributed by atoms with Crippen molar-refractivity contribution in [2.75, 3.05) is 13.1 Å². The summed E-state index contributed by atoms with van der Waals surface area (Å²) in [6, 6.07) is 7.32. The van der Waals surface area contributed by atoms with E-state index in [1.807, 2.05) is 19.1 Å². The zero-order valence-corrected chi connectivity index (χ0v) is 14.9. The molecule has 1 saturated heterocycles. The summed E-state index contributed by atoms with van der Waals surface area (Å²) in [5.74, 6) is -2.06. The van der Waals surface area contributed by atoms with Crippen molar-refractivity contribution < 1.29 is 18.0 Å². The summed E-state index contributed by atoms with van der Waals surface area (Å²) in [7, 11) is 0. The Morgan fingerprint density at radius 3 is 2.63 bits per heavy atom. The Labute approximate surface area is 155 Å². The maximum Gasteiger partial charge on any atom is 0.255 e. The summed E-state index contributed by atoms with van der Waals surface area (Å²) in [5, 5.41) is 0.903. The van der Waals surface area contributed by atoms with E-state index in [2.05, 4.69) is 9.97 Å². The van der Waals surface area contributed by atoms with E-state index < -0.39 is 5.92 Å². The molecule has 7 heteroatoms. The van der Waals surface area contributed by atoms with Crippen LogP contribution in [-0.2, 0) is 6.42 Å². The summed E-state index contributed by atoms with van der Waals surface area (Å²) < 4.78 is 32.1. The van der Waals surface area contributed by atoms with Gasteiger partial charge in [0.25, 0.3) is 11.8 Å². The number of aromatic nitrogens is 2. The number of halogens is 2. The number of pyridine rings is 2. The molecule has 1 amide bonds. The minimum absolute atomic E-state index is 0.0639. The van der Waals surface area contributed by atoms with Crippen molar-refractivity contribution in [3.05, 3.63) is 48.0 Å². The van der Waals surface area contributed by atoms with E-state index in [1.165, 1.54) is 11.1 Å². The van der Waals surface area contributed by atoms with Crippen LogP contribution in [-0.4, -0.2) is 39.8 Å². The van der Waals surface area contributed by atoms with E-state index in [-0.39, 0.29) is 31.8 Å². The molecule has 140 valence electrons. The first kappa shape index (κ1) is 17.6. The van der Waals surface area contributed by atoms with Crippen LogP contribution in [0.4, 0.5) is 8.78 Å². The molecule has 1 fully saturated rings. The Balaban J connectivity index is 1.52. The van der Waals surface area contributed by atoms with Crippen LogP contribution in [0, 0.1) is 0 Å². The van der Waals surface area contributed by atoms with Crippen molar-refractivity contribution in [2.24, 2.45) is 0 Å². The lowest BCUT2D eigenvalue weighted by molar-refractivity contribution is -0.0494. The van der Waals surface area contributed by atoms with Gasteiger partial charge in [0, 0.05) is 55.7 Å². The average Bonchev–Trinajstić information content (AvgIpc) is 3.10. The lowest BCUT2D eigenvalue weighted by Crippen LogP contribution is -2.42. The third-order valence-electron chi connectivity index (χ3n) is 4.86. The van der Waals surface area contributed by atoms with Gasteiger partial charge in [-0.1, -0.05) is 6.92 Å². The number of amides is 1. The third-order valence-corrected chi connectivity index (χ3v) is 4.86. The highest BCUT2D eigenvalue weighted by Crippen LogP contribution is 2.29. The Morgan fingerprint density at radius 1 is 1.19 bits per heavy atom. The Hall–Kier alpha value is -2.83. The molecule has 0 spiro atoms. The molecule has 27 heavy (non-hydrogen) atoms. The third kappa shape index (κ3) is 3.54. The Kier molecular flexibility index (Phi) is 4.37. The molecule has 1 aliphatic heterocycles. The van der Waals surface area contributed by atoms with Crippen LogP contribution in [0.2, 0.25) is 0 Å². The lowest BCUT2D eigenvalue weighted by Gasteiger charge is -2.31. The number of hydrogen-bond acceptors (Lipinski definition) is 4. The van der Waals surface area contributed by atoms with Crippen LogP contribution in [0.5, 0.6) is 0 Å². The number of hydrogen-bond donors (Lipinski definition) is 0. The number of piperidine rings is 1. The van der Waals surface area contributed by atoms with Crippen molar-refractivity contribution in [3.63, 3.8) is 0 Å². The van der Waals surface area contributed by atoms with Crippen molar-refractivity contribution in [1.82, 2.24) is 14.9 Å². The second-order valence-corrected chi connectivity index (χ2v) is 6.76. The average molecular weight is 371 g/mol. The van der Waals surface area contributed by atoms with Gasteiger partial charge in [-0.2, -0.15) is 0 Å². The Morgan fingerprint density at radius 2 is 1.96 bits per heavy atom. The monoisotopic (exact) mass is 371 g/mol. The van der Waals surface area contributed by atoms with Crippen LogP contribution >= 0.6 is 0 Å². The number of aryl methyl sites for hydroxylation is 1. The van der Waals surface area contributed by atoms with E-state index in [9.17, 15) is 13.6 Å². The van der Waals surface area contributed by atoms with E-state index in [1.54, 1.807) is 18.3 Å². The molecule has 5 nitrogen and oxygen atoms in total. The highest BCUT2D eigenvalue weighted by atomic mass is 19.3. The molecular formula is C20H19F2N3O2. The fourth-order valence-electron chi connectivity index (χ4n) is 3.21. The number of furan rings is 1. The Bertz CT molecular complexity index is 973. The molecule has 1 aliphatic rings. The summed E-state index contributed by atoms with van der Waals surface area (Å²) in [4.78, 5) is 22.6. The van der Waals surface area contributed by atoms with E-state index in [0.717, 1.165) is 23.1 Å². The number of fused-ring (bicyclic) bond motifs is 1. The largest absolute Gasteiger partial charge is 0.443 e. The first-order valence-corrected chi connectivity index (χ1v) is 8.97. The summed E-state index contributed by atoms with van der Waals surface area (Å²) in [6.07, 6.45) is 3.38. The number of rotatable bonds is 3. The molecule has 0 saturated carbocycles. The maximum absolute atomic E-state index is 13.3. The zero-order valence-electron chi connectivity index (χ0n) is 14.9. The fourth-order valence-corrected chi connectivity index (χ4v) is 3.21. The van der Waals surface area contributed by atoms with Gasteiger partial charge in [-0.05, 0) is 24.3 Å². The van der Waals surface area contributed by atoms with Crippen LogP contribution in [0.15, 0.2) is 41.1 Å². The molecule has 0 radical (unpaired) electrons. The van der Waals surface area contributed by atoms with Gasteiger partial charge >= 0.3 is 0 Å². The fraction of sp³-hybridized carbons (Fsp3) is 0.350. The second-order valence-electron chi connectivity index (χ2n) is 6.76. The van der Waals surface area contributed by atoms with Crippen molar-refractivity contribution in [3.8, 4) is 11.3 Å². The van der Waals surface area contributed by atoms with Gasteiger partial charge in [-0.15, -0.1) is 0 Å². The molecule has 3 aromatic rings. The van der Waals surface area contributed by atoms with Crippen LogP contribution < -0.4 is 0 Å². The van der Waals surface area contributed by atoms with Gasteiger partial charge in [0.1, 0.15) is 5.76 Å². The summed E-state index contributed by atoms with van der Waals surface area (Å²) >= 11 is 0. The van der Waals surface area contributed by atoms with Gasteiger partial charge in [0.05, 0.1) is 11.3 Å². The van der Waals surface area contributed by atoms with Crippen molar-refractivity contribution >= 4 is 17.0 Å². The molecule has 0 bridgehead atoms. The van der Waals surface area contributed by atoms with E-state index in [4.69, 9.17) is 4.42 Å². The molecule has 3 aromatic heterocycles. The van der Waals surface area contributed by atoms with Crippen LogP contribution in [0.25, 0.3) is 22.4 Å². The first-order chi connectivity index (χ1) is 12.9. The molecule has 0 N–H and O–H groups in total. The van der Waals surface area contributed by atoms with Crippen molar-refractivity contribution in [2.45, 2.75) is 32.1 Å². The minimum Gasteiger partial charge on any atom is -0.443 e. The number of nitrogens with zero attached hydrogens (tertiary/aromatic N) is 3. The standard InChI is InChI=1S/C20H19F2N3O2/c1-2-16-10-14-9-15(12-24-18(14)27-16)17-4-3-13(11-23-17)19(26)25-7-5-20(21,22)6-8-25/h3-4,9-12H,2,5-8H2,1H3. The highest BCUT2D eigenvalue weighted by Gasteiger charge is 2.35. The number of carbonyl (C=O) groups is 1. The predicted octanol–water partition coefficient (Wildman–Crippen LogP) is 4.32. The highest BCUT2D eigenvalue weighted by molar-refractivity contribution is 5.94. The lowest BCUT2D eigenvalue weighted by atomic mass is 10.1. The van der Waals surface area contributed by atoms with E-state index in [0.29, 0.717) is 17.0 Å². The molecule has 0 unspecified atom stereocenters. The summed E-state index contributed by atoms with van der Waals surface area (Å²) in [5.41, 5.74) is 2.49. The van der Waals surface area contributed by atoms with Gasteiger partial charge in [0.2, 0.25) is 5.71 Å². The smallest absolute Gasteiger partial charge is 0.255 e. The molecular weight excluding hydrogens is 352 g/mol. The maximum atomic E-state index is 13.3. The SMILES string of the molecule is CCc1cc2cc(-c3ccc(C(=O)N4CCC(F)(F)CC4)cn3)cnc2o1. The minimum atomic E-state index is -2.67. The molecule has 0 aliphatic carbocycles. The van der Waals surface area contributed by atoms with Crippen LogP contribution in [0.3, 0.4) is 0 Å². The summed E-state index contributed by atoms with van der Waals surface area (Å²) in [6.45, 7) is 2.14. The van der Waals surface area contributed by atoms with Crippen LogP contribution in [0.1, 0.15) is 35.9 Å². The predicted molar refractivity (Wildman–Crippen MR) is 96.7 cm³/mol. The zero-order chi connectivity index (χ0) is 19.0. The molecule has 0 aromatic carbocycles.